The monoisotopic (exact) mass is 718 g/mol. The Morgan fingerprint density at radius 3 is 1.83 bits per heavy atom. The Hall–Kier alpha value is -2.81. The molecule has 4 aromatic rings. The van der Waals surface area contributed by atoms with Crippen molar-refractivity contribution in [3.05, 3.63) is 102 Å². The highest BCUT2D eigenvalue weighted by Gasteiger charge is 2.25. The van der Waals surface area contributed by atoms with E-state index in [9.17, 15) is 27.5 Å². The van der Waals surface area contributed by atoms with Gasteiger partial charge in [-0.15, -0.1) is 0 Å². The molecule has 2 aromatic carbocycles. The quantitative estimate of drug-likeness (QED) is 0.0979. The minimum atomic E-state index is -1.59. The van der Waals surface area contributed by atoms with Gasteiger partial charge in [0.25, 0.3) is 0 Å². The summed E-state index contributed by atoms with van der Waals surface area (Å²) < 4.78 is 62.6. The number of halogens is 9. The van der Waals surface area contributed by atoms with E-state index < -0.39 is 34.9 Å². The molecule has 2 aromatic heterocycles. The van der Waals surface area contributed by atoms with E-state index in [2.05, 4.69) is 40.6 Å². The Balaban J connectivity index is 0.000000237. The van der Waals surface area contributed by atoms with E-state index in [0.29, 0.717) is 9.63 Å². The van der Waals surface area contributed by atoms with Crippen molar-refractivity contribution >= 4 is 68.6 Å². The van der Waals surface area contributed by atoms with Crippen LogP contribution in [0.25, 0.3) is 0 Å². The molecule has 1 unspecified atom stereocenters. The minimum absolute atomic E-state index is 0.0149. The molecule has 8 nitrogen and oxygen atoms in total. The molecule has 0 fully saturated rings. The van der Waals surface area contributed by atoms with Gasteiger partial charge in [0.15, 0.2) is 29.6 Å². The summed E-state index contributed by atoms with van der Waals surface area (Å²) in [6.45, 7) is 0. The van der Waals surface area contributed by atoms with Gasteiger partial charge < -0.3 is 14.6 Å². The van der Waals surface area contributed by atoms with Crippen LogP contribution in [-0.2, 0) is 0 Å². The zero-order valence-electron chi connectivity index (χ0n) is 20.5. The predicted octanol–water partition coefficient (Wildman–Crippen LogP) is 7.48. The van der Waals surface area contributed by atoms with Gasteiger partial charge in [-0.3, -0.25) is 4.79 Å². The maximum Gasteiger partial charge on any atom is 0.223 e. The van der Waals surface area contributed by atoms with Crippen molar-refractivity contribution in [2.45, 2.75) is 6.10 Å². The van der Waals surface area contributed by atoms with Crippen molar-refractivity contribution in [1.29, 1.82) is 0 Å². The van der Waals surface area contributed by atoms with Crippen LogP contribution < -0.4 is 9.47 Å². The summed E-state index contributed by atoms with van der Waals surface area (Å²) in [6, 6.07) is 4.19. The summed E-state index contributed by atoms with van der Waals surface area (Å²) in [5, 5.41) is 10.4. The van der Waals surface area contributed by atoms with Gasteiger partial charge in [-0.05, 0) is 63.4 Å². The van der Waals surface area contributed by atoms with Crippen molar-refractivity contribution in [1.82, 2.24) is 19.9 Å². The highest BCUT2D eigenvalue weighted by atomic mass is 79.9. The van der Waals surface area contributed by atoms with Crippen molar-refractivity contribution in [2.75, 3.05) is 14.2 Å². The lowest BCUT2D eigenvalue weighted by atomic mass is 10.0. The number of carbonyl (C=O) groups excluding carboxylic acids is 1. The Bertz CT molecular complexity index is 1540. The molecule has 0 amide bonds. The Kier molecular flexibility index (Phi) is 13.4. The number of rotatable bonds is 5. The predicted molar refractivity (Wildman–Crippen MR) is 147 cm³/mol. The van der Waals surface area contributed by atoms with Crippen LogP contribution in [0.3, 0.4) is 0 Å². The molecule has 0 aliphatic heterocycles. The minimum Gasteiger partial charge on any atom is -0.496 e. The molecule has 0 bridgehead atoms. The fourth-order valence-corrected chi connectivity index (χ4v) is 3.74. The molecule has 0 saturated carbocycles. The smallest absolute Gasteiger partial charge is 0.223 e. The fourth-order valence-electron chi connectivity index (χ4n) is 2.83. The van der Waals surface area contributed by atoms with Gasteiger partial charge in [0.2, 0.25) is 10.6 Å². The molecule has 218 valence electrons. The van der Waals surface area contributed by atoms with E-state index in [4.69, 9.17) is 51.1 Å². The Labute approximate surface area is 258 Å². The van der Waals surface area contributed by atoms with Gasteiger partial charge in [0.05, 0.1) is 29.8 Å². The number of carbonyl (C=O) groups is 1. The number of aldehydes is 1. The highest BCUT2D eigenvalue weighted by molar-refractivity contribution is 9.10. The van der Waals surface area contributed by atoms with Crippen LogP contribution in [0.1, 0.15) is 27.6 Å². The first-order valence-electron chi connectivity index (χ1n) is 10.5. The molecule has 0 radical (unpaired) electrons. The third kappa shape index (κ3) is 9.09. The molecule has 0 aliphatic rings. The van der Waals surface area contributed by atoms with Crippen molar-refractivity contribution < 1.29 is 36.9 Å². The summed E-state index contributed by atoms with van der Waals surface area (Å²) in [5.74, 6) is -4.58. The lowest BCUT2D eigenvalue weighted by molar-refractivity contribution is 0.111. The fraction of sp³-hybridized carbons (Fsp3) is 0.125. The first kappa shape index (κ1) is 34.4. The molecule has 17 heteroatoms. The Morgan fingerprint density at radius 2 is 1.34 bits per heavy atom. The zero-order valence-corrected chi connectivity index (χ0v) is 25.1. The van der Waals surface area contributed by atoms with Crippen molar-refractivity contribution in [3.63, 3.8) is 0 Å². The van der Waals surface area contributed by atoms with Crippen LogP contribution in [0.4, 0.5) is 17.6 Å². The molecule has 1 N–H and O–H groups in total. The lowest BCUT2D eigenvalue weighted by Crippen LogP contribution is -2.08. The summed E-state index contributed by atoms with van der Waals surface area (Å²) in [7, 11) is 2.54. The van der Waals surface area contributed by atoms with E-state index in [1.807, 2.05) is 0 Å². The maximum atomic E-state index is 13.9. The van der Waals surface area contributed by atoms with Gasteiger partial charge >= 0.3 is 0 Å². The van der Waals surface area contributed by atoms with Crippen molar-refractivity contribution in [3.8, 4) is 11.5 Å². The van der Waals surface area contributed by atoms with Crippen LogP contribution >= 0.6 is 62.3 Å². The van der Waals surface area contributed by atoms with E-state index in [1.165, 1.54) is 32.5 Å². The molecule has 0 aliphatic carbocycles. The summed E-state index contributed by atoms with van der Waals surface area (Å²) in [4.78, 5) is 24.9. The second-order valence-corrected chi connectivity index (χ2v) is 9.38. The number of hydrogen-bond donors (Lipinski definition) is 1. The van der Waals surface area contributed by atoms with Gasteiger partial charge in [-0.25, -0.2) is 37.5 Å². The molecular formula is C24H15BrCl4F4N4O4. The molecule has 4 rings (SSSR count). The third-order valence-electron chi connectivity index (χ3n) is 4.72. The highest BCUT2D eigenvalue weighted by Crippen LogP contribution is 2.35. The number of methoxy groups -OCH3 is 2. The normalized spacial score (nSPS) is 10.9. The van der Waals surface area contributed by atoms with Crippen LogP contribution in [0.15, 0.2) is 41.1 Å². The van der Waals surface area contributed by atoms with Crippen molar-refractivity contribution in [2.24, 2.45) is 0 Å². The molecule has 0 spiro atoms. The second kappa shape index (κ2) is 16.0. The zero-order chi connectivity index (χ0) is 30.9. The standard InChI is InChI=1S/C12H8Cl2F2N2O2.C8H6F2O2.C4HBrCl2N2/c1-20-7-3-2-6(15)9(16)8(7)10(19)5-4-17-12(14)18-11(5)13;1-12-7-3-2-6(9)8(10)5(7)4-11;5-2-1-8-4(7)9-3(2)6/h2-4,10,19H,1H3;2-4H,1H3;1H. The second-order valence-electron chi connectivity index (χ2n) is 7.14. The average molecular weight is 721 g/mol. The number of hydrogen-bond acceptors (Lipinski definition) is 8. The lowest BCUT2D eigenvalue weighted by Gasteiger charge is -2.16. The maximum absolute atomic E-state index is 13.9. The molecule has 0 saturated heterocycles. The summed E-state index contributed by atoms with van der Waals surface area (Å²) in [5.41, 5.74) is -0.795. The Morgan fingerprint density at radius 1 is 0.829 bits per heavy atom. The number of aromatic nitrogens is 4. The first-order chi connectivity index (χ1) is 19.4. The van der Waals surface area contributed by atoms with Gasteiger partial charge in [0.1, 0.15) is 27.9 Å². The van der Waals surface area contributed by atoms with Crippen LogP contribution in [0.2, 0.25) is 20.9 Å². The SMILES string of the molecule is COc1ccc(F)c(F)c1C(O)c1cnc(Cl)nc1Cl.COc1ccc(F)c(F)c1C=O.Clc1ncc(Br)c(Cl)n1. The van der Waals surface area contributed by atoms with Crippen LogP contribution in [0, 0.1) is 23.3 Å². The summed E-state index contributed by atoms with van der Waals surface area (Å²) >= 11 is 25.4. The van der Waals surface area contributed by atoms with Gasteiger partial charge in [0, 0.05) is 18.0 Å². The third-order valence-corrected chi connectivity index (χ3v) is 6.49. The van der Waals surface area contributed by atoms with Crippen LogP contribution in [-0.4, -0.2) is 45.5 Å². The van der Waals surface area contributed by atoms with E-state index >= 15 is 0 Å². The number of ether oxygens (including phenoxy) is 2. The van der Waals surface area contributed by atoms with E-state index in [1.54, 1.807) is 0 Å². The van der Waals surface area contributed by atoms with Crippen LogP contribution in [0.5, 0.6) is 11.5 Å². The number of nitrogens with zero attached hydrogens (tertiary/aromatic N) is 4. The molecule has 1 atom stereocenters. The summed E-state index contributed by atoms with van der Waals surface area (Å²) in [6.07, 6.45) is 1.26. The largest absolute Gasteiger partial charge is 0.496 e. The number of aliphatic hydroxyl groups is 1. The van der Waals surface area contributed by atoms with E-state index in [-0.39, 0.29) is 44.6 Å². The number of aliphatic hydroxyl groups excluding tert-OH is 1. The topological polar surface area (TPSA) is 107 Å². The molecule has 2 heterocycles. The first-order valence-corrected chi connectivity index (χ1v) is 12.8. The number of benzene rings is 2. The molecular weight excluding hydrogens is 706 g/mol. The van der Waals surface area contributed by atoms with Gasteiger partial charge in [-0.1, -0.05) is 23.2 Å². The van der Waals surface area contributed by atoms with Gasteiger partial charge in [-0.2, -0.15) is 0 Å². The average Bonchev–Trinajstić information content (AvgIpc) is 2.94. The van der Waals surface area contributed by atoms with E-state index in [0.717, 1.165) is 18.3 Å². The molecule has 41 heavy (non-hydrogen) atoms.